The smallest absolute Gasteiger partial charge is 0.315 e. The van der Waals surface area contributed by atoms with Gasteiger partial charge in [0.2, 0.25) is 5.91 Å². The molecule has 1 saturated heterocycles. The molecule has 0 aromatic heterocycles. The fourth-order valence-electron chi connectivity index (χ4n) is 5.13. The predicted octanol–water partition coefficient (Wildman–Crippen LogP) is 3.57. The summed E-state index contributed by atoms with van der Waals surface area (Å²) in [6.07, 6.45) is 2.63. The molecule has 3 amide bonds. The molecule has 2 fully saturated rings. The molecule has 1 aromatic carbocycles. The van der Waals surface area contributed by atoms with Crippen molar-refractivity contribution in [3.05, 3.63) is 35.4 Å². The van der Waals surface area contributed by atoms with Crippen molar-refractivity contribution in [3.8, 4) is 0 Å². The third-order valence-corrected chi connectivity index (χ3v) is 6.98. The number of carbonyl (C=O) groups excluding carboxylic acids is 2. The van der Waals surface area contributed by atoms with Gasteiger partial charge in [0.05, 0.1) is 6.10 Å². The fraction of sp³-hybridized carbons (Fsp3) is 0.680. The first-order chi connectivity index (χ1) is 14.6. The van der Waals surface area contributed by atoms with Crippen LogP contribution in [-0.4, -0.2) is 53.2 Å². The van der Waals surface area contributed by atoms with Crippen LogP contribution >= 0.6 is 0 Å². The van der Waals surface area contributed by atoms with Crippen molar-refractivity contribution in [1.29, 1.82) is 0 Å². The topological polar surface area (TPSA) is 81.7 Å². The summed E-state index contributed by atoms with van der Waals surface area (Å²) in [6.45, 7) is 11.9. The lowest BCUT2D eigenvalue weighted by atomic mass is 9.70. The molecule has 1 aliphatic carbocycles. The van der Waals surface area contributed by atoms with Crippen LogP contribution in [0.5, 0.6) is 0 Å². The Morgan fingerprint density at radius 3 is 2.35 bits per heavy atom. The number of rotatable bonds is 5. The molecule has 1 heterocycles. The molecular weight excluding hydrogens is 390 g/mol. The lowest BCUT2D eigenvalue weighted by molar-refractivity contribution is -0.137. The number of aliphatic hydroxyl groups excluding tert-OH is 1. The Balaban J connectivity index is 1.63. The quantitative estimate of drug-likeness (QED) is 0.669. The van der Waals surface area contributed by atoms with E-state index in [9.17, 15) is 14.7 Å². The van der Waals surface area contributed by atoms with E-state index in [4.69, 9.17) is 0 Å². The van der Waals surface area contributed by atoms with Gasteiger partial charge in [-0.2, -0.15) is 0 Å². The standard InChI is InChI=1S/C25H39N3O3/c1-16(2)22(27-24(31)26-19-10-11-20(29)14-19)23(30)28-13-12-21(25(4,5)15-28)18-8-6-17(3)7-9-18/h6-9,16,19-22,29H,10-15H2,1-5H3,(H2,26,27,31)/t19?,20-,21?,22+/m0/s1. The Morgan fingerprint density at radius 2 is 1.81 bits per heavy atom. The molecule has 6 heteroatoms. The molecule has 0 spiro atoms. The van der Waals surface area contributed by atoms with Crippen molar-refractivity contribution in [2.24, 2.45) is 11.3 Å². The van der Waals surface area contributed by atoms with E-state index in [1.165, 1.54) is 11.1 Å². The minimum absolute atomic E-state index is 0.00737. The van der Waals surface area contributed by atoms with Crippen LogP contribution in [0.2, 0.25) is 0 Å². The Labute approximate surface area is 186 Å². The third-order valence-electron chi connectivity index (χ3n) is 6.98. The Hall–Kier alpha value is -2.08. The molecule has 172 valence electrons. The first kappa shape index (κ1) is 23.6. The minimum atomic E-state index is -0.557. The van der Waals surface area contributed by atoms with Gasteiger partial charge in [-0.15, -0.1) is 0 Å². The van der Waals surface area contributed by atoms with E-state index in [1.807, 2.05) is 18.7 Å². The number of carbonyl (C=O) groups is 2. The zero-order valence-electron chi connectivity index (χ0n) is 19.6. The molecule has 3 N–H and O–H groups in total. The van der Waals surface area contributed by atoms with Crippen LogP contribution in [0, 0.1) is 18.3 Å². The maximum atomic E-state index is 13.4. The van der Waals surface area contributed by atoms with Crippen LogP contribution in [0.1, 0.15) is 70.4 Å². The molecule has 1 aromatic rings. The van der Waals surface area contributed by atoms with Crippen molar-refractivity contribution < 1.29 is 14.7 Å². The molecule has 0 radical (unpaired) electrons. The van der Waals surface area contributed by atoms with Crippen LogP contribution < -0.4 is 10.6 Å². The van der Waals surface area contributed by atoms with E-state index in [0.29, 0.717) is 31.8 Å². The summed E-state index contributed by atoms with van der Waals surface area (Å²) in [5.74, 6) is 0.386. The molecule has 3 rings (SSSR count). The van der Waals surface area contributed by atoms with E-state index >= 15 is 0 Å². The summed E-state index contributed by atoms with van der Waals surface area (Å²) in [5, 5.41) is 15.5. The molecule has 0 bridgehead atoms. The lowest BCUT2D eigenvalue weighted by Gasteiger charge is -2.45. The number of aliphatic hydroxyl groups is 1. The number of piperidine rings is 1. The summed E-state index contributed by atoms with van der Waals surface area (Å²) in [5.41, 5.74) is 2.54. The zero-order chi connectivity index (χ0) is 22.8. The third kappa shape index (κ3) is 5.79. The Bertz CT molecular complexity index is 775. The average Bonchev–Trinajstić information content (AvgIpc) is 3.10. The van der Waals surface area contributed by atoms with Gasteiger partial charge >= 0.3 is 6.03 Å². The van der Waals surface area contributed by atoms with Gasteiger partial charge in [-0.1, -0.05) is 57.5 Å². The largest absolute Gasteiger partial charge is 0.393 e. The second-order valence-corrected chi connectivity index (χ2v) is 10.5. The number of hydrogen-bond donors (Lipinski definition) is 3. The molecule has 2 aliphatic rings. The molecule has 31 heavy (non-hydrogen) atoms. The monoisotopic (exact) mass is 429 g/mol. The lowest BCUT2D eigenvalue weighted by Crippen LogP contribution is -2.57. The van der Waals surface area contributed by atoms with Gasteiger partial charge in [-0.25, -0.2) is 4.79 Å². The van der Waals surface area contributed by atoms with Crippen LogP contribution in [0.4, 0.5) is 4.79 Å². The second-order valence-electron chi connectivity index (χ2n) is 10.5. The zero-order valence-corrected chi connectivity index (χ0v) is 19.6. The second kappa shape index (κ2) is 9.60. The van der Waals surface area contributed by atoms with E-state index in [-0.39, 0.29) is 35.4 Å². The minimum Gasteiger partial charge on any atom is -0.393 e. The van der Waals surface area contributed by atoms with Gasteiger partial charge in [-0.05, 0) is 55.4 Å². The summed E-state index contributed by atoms with van der Waals surface area (Å²) < 4.78 is 0. The molecule has 6 nitrogen and oxygen atoms in total. The summed E-state index contributed by atoms with van der Waals surface area (Å²) in [6, 6.07) is 7.83. The molecule has 1 saturated carbocycles. The highest BCUT2D eigenvalue weighted by atomic mass is 16.3. The maximum absolute atomic E-state index is 13.4. The number of nitrogens with zero attached hydrogens (tertiary/aromatic N) is 1. The van der Waals surface area contributed by atoms with Crippen molar-refractivity contribution in [1.82, 2.24) is 15.5 Å². The maximum Gasteiger partial charge on any atom is 0.315 e. The number of amides is 3. The van der Waals surface area contributed by atoms with E-state index in [2.05, 4.69) is 55.7 Å². The molecular formula is C25H39N3O3. The molecule has 1 aliphatic heterocycles. The van der Waals surface area contributed by atoms with E-state index in [0.717, 1.165) is 12.8 Å². The fourth-order valence-corrected chi connectivity index (χ4v) is 5.13. The van der Waals surface area contributed by atoms with Crippen LogP contribution in [0.3, 0.4) is 0 Å². The highest BCUT2D eigenvalue weighted by Gasteiger charge is 2.40. The van der Waals surface area contributed by atoms with Crippen LogP contribution in [-0.2, 0) is 4.79 Å². The summed E-state index contributed by atoms with van der Waals surface area (Å²) in [4.78, 5) is 27.8. The Morgan fingerprint density at radius 1 is 1.13 bits per heavy atom. The highest BCUT2D eigenvalue weighted by molar-refractivity contribution is 5.87. The summed E-state index contributed by atoms with van der Waals surface area (Å²) in [7, 11) is 0. The van der Waals surface area contributed by atoms with Crippen molar-refractivity contribution in [2.75, 3.05) is 13.1 Å². The van der Waals surface area contributed by atoms with E-state index < -0.39 is 6.04 Å². The number of likely N-dealkylation sites (tertiary alicyclic amines) is 1. The number of urea groups is 1. The molecule has 2 unspecified atom stereocenters. The predicted molar refractivity (Wildman–Crippen MR) is 123 cm³/mol. The first-order valence-corrected chi connectivity index (χ1v) is 11.7. The van der Waals surface area contributed by atoms with Gasteiger partial charge in [0.1, 0.15) is 6.04 Å². The van der Waals surface area contributed by atoms with Gasteiger partial charge in [0.15, 0.2) is 0 Å². The summed E-state index contributed by atoms with van der Waals surface area (Å²) >= 11 is 0. The normalized spacial score (nSPS) is 26.5. The van der Waals surface area contributed by atoms with Crippen molar-refractivity contribution >= 4 is 11.9 Å². The van der Waals surface area contributed by atoms with Crippen LogP contribution in [0.15, 0.2) is 24.3 Å². The number of aryl methyl sites for hydroxylation is 1. The highest BCUT2D eigenvalue weighted by Crippen LogP contribution is 2.42. The Kier molecular flexibility index (Phi) is 7.30. The first-order valence-electron chi connectivity index (χ1n) is 11.7. The average molecular weight is 430 g/mol. The van der Waals surface area contributed by atoms with Crippen molar-refractivity contribution in [2.45, 2.75) is 84.4 Å². The van der Waals surface area contributed by atoms with Crippen molar-refractivity contribution in [3.63, 3.8) is 0 Å². The van der Waals surface area contributed by atoms with Gasteiger partial charge in [-0.3, -0.25) is 4.79 Å². The van der Waals surface area contributed by atoms with Crippen LogP contribution in [0.25, 0.3) is 0 Å². The van der Waals surface area contributed by atoms with E-state index in [1.54, 1.807) is 0 Å². The van der Waals surface area contributed by atoms with Gasteiger partial charge in [0, 0.05) is 19.1 Å². The number of hydrogen-bond acceptors (Lipinski definition) is 3. The SMILES string of the molecule is Cc1ccc(C2CCN(C(=O)[C@H](NC(=O)NC3CC[C@H](O)C3)C(C)C)CC2(C)C)cc1. The number of benzene rings is 1. The molecule has 4 atom stereocenters. The number of nitrogens with one attached hydrogen (secondary N) is 2. The van der Waals surface area contributed by atoms with Gasteiger partial charge in [0.25, 0.3) is 0 Å². The van der Waals surface area contributed by atoms with Gasteiger partial charge < -0.3 is 20.6 Å².